The largest absolute Gasteiger partial charge is 0.337 e. The van der Waals surface area contributed by atoms with Gasteiger partial charge in [-0.25, -0.2) is 18.9 Å². The quantitative estimate of drug-likeness (QED) is 0.533. The molecule has 0 aliphatic rings. The first-order valence-electron chi connectivity index (χ1n) is 9.60. The highest BCUT2D eigenvalue weighted by molar-refractivity contribution is 6.30. The van der Waals surface area contributed by atoms with Gasteiger partial charge in [-0.2, -0.15) is 0 Å². The van der Waals surface area contributed by atoms with Crippen LogP contribution >= 0.6 is 11.6 Å². The molecule has 0 radical (unpaired) electrons. The maximum Gasteiger partial charge on any atom is 0.337 e. The van der Waals surface area contributed by atoms with Crippen LogP contribution in [0.5, 0.6) is 0 Å². The van der Waals surface area contributed by atoms with Crippen molar-refractivity contribution in [3.63, 3.8) is 0 Å². The number of hydrogen-bond donors (Lipinski definition) is 1. The predicted octanol–water partition coefficient (Wildman–Crippen LogP) is 3.46. The Morgan fingerprint density at radius 2 is 1.71 bits per heavy atom. The van der Waals surface area contributed by atoms with Gasteiger partial charge in [0, 0.05) is 16.4 Å². The standard InChI is InChI=1S/C23H19ClN4O3/c1-14-12-15(2)25-21-20(14)22(30)27(23(31)28(21)18-6-4-3-5-7-18)13-19(29)26-17-10-8-16(24)9-11-17/h3-12H,13H2,1-2H3,(H,26,29). The van der Waals surface area contributed by atoms with Crippen molar-refractivity contribution in [3.8, 4) is 5.69 Å². The molecule has 2 aromatic carbocycles. The number of nitrogens with zero attached hydrogens (tertiary/aromatic N) is 3. The first kappa shape index (κ1) is 20.6. The highest BCUT2D eigenvalue weighted by Gasteiger charge is 2.19. The van der Waals surface area contributed by atoms with Gasteiger partial charge in [0.2, 0.25) is 5.91 Å². The number of para-hydroxylation sites is 1. The van der Waals surface area contributed by atoms with Gasteiger partial charge in [-0.05, 0) is 61.9 Å². The van der Waals surface area contributed by atoms with E-state index in [2.05, 4.69) is 10.3 Å². The third-order valence-corrected chi connectivity index (χ3v) is 5.11. The van der Waals surface area contributed by atoms with Gasteiger partial charge in [-0.15, -0.1) is 0 Å². The van der Waals surface area contributed by atoms with Crippen LogP contribution in [0.15, 0.2) is 70.3 Å². The van der Waals surface area contributed by atoms with Crippen molar-refractivity contribution >= 4 is 34.2 Å². The molecular formula is C23H19ClN4O3. The van der Waals surface area contributed by atoms with Crippen molar-refractivity contribution < 1.29 is 4.79 Å². The third kappa shape index (κ3) is 4.00. The van der Waals surface area contributed by atoms with Crippen LogP contribution in [0.1, 0.15) is 11.3 Å². The summed E-state index contributed by atoms with van der Waals surface area (Å²) in [5, 5.41) is 3.52. The van der Waals surface area contributed by atoms with E-state index in [-0.39, 0.29) is 5.65 Å². The Hall–Kier alpha value is -3.71. The summed E-state index contributed by atoms with van der Waals surface area (Å²) in [6.45, 7) is 3.16. The number of hydrogen-bond acceptors (Lipinski definition) is 4. The minimum Gasteiger partial charge on any atom is -0.325 e. The van der Waals surface area contributed by atoms with Crippen LogP contribution in [0, 0.1) is 13.8 Å². The fourth-order valence-electron chi connectivity index (χ4n) is 3.50. The van der Waals surface area contributed by atoms with Gasteiger partial charge >= 0.3 is 5.69 Å². The normalized spacial score (nSPS) is 10.9. The molecule has 4 aromatic rings. The molecule has 0 saturated heterocycles. The molecule has 0 saturated carbocycles. The van der Waals surface area contributed by atoms with E-state index in [0.717, 1.165) is 4.57 Å². The van der Waals surface area contributed by atoms with E-state index in [0.29, 0.717) is 33.0 Å². The minimum absolute atomic E-state index is 0.271. The van der Waals surface area contributed by atoms with E-state index in [4.69, 9.17) is 11.6 Å². The van der Waals surface area contributed by atoms with Crippen LogP contribution in [0.4, 0.5) is 5.69 Å². The summed E-state index contributed by atoms with van der Waals surface area (Å²) in [7, 11) is 0. The monoisotopic (exact) mass is 434 g/mol. The number of nitrogens with one attached hydrogen (secondary N) is 1. The highest BCUT2D eigenvalue weighted by atomic mass is 35.5. The van der Waals surface area contributed by atoms with Gasteiger partial charge in [0.05, 0.1) is 11.1 Å². The van der Waals surface area contributed by atoms with Crippen molar-refractivity contribution in [2.24, 2.45) is 0 Å². The van der Waals surface area contributed by atoms with Crippen LogP contribution < -0.4 is 16.6 Å². The summed E-state index contributed by atoms with van der Waals surface area (Å²) in [5.41, 5.74) is 1.53. The SMILES string of the molecule is Cc1cc(C)c2c(=O)n(CC(=O)Nc3ccc(Cl)cc3)c(=O)n(-c3ccccc3)c2n1. The molecule has 4 rings (SSSR count). The average molecular weight is 435 g/mol. The molecule has 0 aliphatic carbocycles. The number of aryl methyl sites for hydroxylation is 2. The number of benzene rings is 2. The van der Waals surface area contributed by atoms with Gasteiger partial charge < -0.3 is 5.32 Å². The van der Waals surface area contributed by atoms with Crippen molar-refractivity contribution in [2.75, 3.05) is 5.32 Å². The summed E-state index contributed by atoms with van der Waals surface area (Å²) in [6, 6.07) is 17.3. The highest BCUT2D eigenvalue weighted by Crippen LogP contribution is 2.17. The zero-order valence-electron chi connectivity index (χ0n) is 16.9. The van der Waals surface area contributed by atoms with E-state index >= 15 is 0 Å². The number of carbonyl (C=O) groups excluding carboxylic acids is 1. The number of rotatable bonds is 4. The summed E-state index contributed by atoms with van der Waals surface area (Å²) >= 11 is 5.87. The molecule has 2 heterocycles. The first-order chi connectivity index (χ1) is 14.8. The molecule has 0 bridgehead atoms. The number of halogens is 1. The Morgan fingerprint density at radius 1 is 1.03 bits per heavy atom. The fraction of sp³-hybridized carbons (Fsp3) is 0.130. The van der Waals surface area contributed by atoms with E-state index in [1.54, 1.807) is 68.4 Å². The lowest BCUT2D eigenvalue weighted by atomic mass is 10.1. The molecule has 0 unspecified atom stereocenters. The number of anilines is 1. The van der Waals surface area contributed by atoms with Gasteiger partial charge in [0.15, 0.2) is 5.65 Å². The Balaban J connectivity index is 1.88. The second-order valence-electron chi connectivity index (χ2n) is 7.18. The molecule has 0 atom stereocenters. The minimum atomic E-state index is -0.632. The molecule has 8 heteroatoms. The summed E-state index contributed by atoms with van der Waals surface area (Å²) < 4.78 is 2.30. The number of aromatic nitrogens is 3. The maximum atomic E-state index is 13.3. The fourth-order valence-corrected chi connectivity index (χ4v) is 3.63. The summed E-state index contributed by atoms with van der Waals surface area (Å²) in [5.74, 6) is -0.502. The van der Waals surface area contributed by atoms with E-state index in [1.807, 2.05) is 6.07 Å². The van der Waals surface area contributed by atoms with E-state index in [1.165, 1.54) is 4.57 Å². The zero-order chi connectivity index (χ0) is 22.1. The summed E-state index contributed by atoms with van der Waals surface area (Å²) in [4.78, 5) is 43.7. The Bertz CT molecular complexity index is 1410. The van der Waals surface area contributed by atoms with Gasteiger partial charge in [0.25, 0.3) is 5.56 Å². The van der Waals surface area contributed by atoms with Crippen molar-refractivity contribution in [1.29, 1.82) is 0 Å². The van der Waals surface area contributed by atoms with Crippen LogP contribution in [-0.4, -0.2) is 20.0 Å². The molecule has 7 nitrogen and oxygen atoms in total. The van der Waals surface area contributed by atoms with Crippen molar-refractivity contribution in [2.45, 2.75) is 20.4 Å². The molecule has 0 aliphatic heterocycles. The zero-order valence-corrected chi connectivity index (χ0v) is 17.7. The van der Waals surface area contributed by atoms with E-state index in [9.17, 15) is 14.4 Å². The Kier molecular flexibility index (Phi) is 5.44. The molecule has 156 valence electrons. The Labute approximate surface area is 182 Å². The lowest BCUT2D eigenvalue weighted by molar-refractivity contribution is -0.116. The van der Waals surface area contributed by atoms with Gasteiger partial charge in [0.1, 0.15) is 6.54 Å². The molecule has 0 fully saturated rings. The lowest BCUT2D eigenvalue weighted by Gasteiger charge is -2.15. The first-order valence-corrected chi connectivity index (χ1v) is 9.97. The Morgan fingerprint density at radius 3 is 2.39 bits per heavy atom. The van der Waals surface area contributed by atoms with Crippen LogP contribution in [0.3, 0.4) is 0 Å². The van der Waals surface area contributed by atoms with Crippen LogP contribution in [0.2, 0.25) is 5.02 Å². The smallest absolute Gasteiger partial charge is 0.325 e. The number of pyridine rings is 1. The molecular weight excluding hydrogens is 416 g/mol. The molecule has 0 spiro atoms. The maximum absolute atomic E-state index is 13.3. The van der Waals surface area contributed by atoms with E-state index < -0.39 is 23.7 Å². The van der Waals surface area contributed by atoms with Crippen LogP contribution in [-0.2, 0) is 11.3 Å². The van der Waals surface area contributed by atoms with Gasteiger partial charge in [-0.3, -0.25) is 9.59 Å². The second-order valence-corrected chi connectivity index (χ2v) is 7.62. The van der Waals surface area contributed by atoms with Crippen molar-refractivity contribution in [3.05, 3.63) is 97.8 Å². The number of fused-ring (bicyclic) bond motifs is 1. The molecule has 31 heavy (non-hydrogen) atoms. The predicted molar refractivity (Wildman–Crippen MR) is 121 cm³/mol. The average Bonchev–Trinajstić information content (AvgIpc) is 2.73. The molecule has 1 amide bonds. The topological polar surface area (TPSA) is 86.0 Å². The van der Waals surface area contributed by atoms with Gasteiger partial charge in [-0.1, -0.05) is 29.8 Å². The van der Waals surface area contributed by atoms with Crippen molar-refractivity contribution in [1.82, 2.24) is 14.1 Å². The molecule has 1 N–H and O–H groups in total. The third-order valence-electron chi connectivity index (χ3n) is 4.86. The summed E-state index contributed by atoms with van der Waals surface area (Å²) in [6.07, 6.45) is 0. The molecule has 2 aromatic heterocycles. The lowest BCUT2D eigenvalue weighted by Crippen LogP contribution is -2.42. The number of amides is 1. The van der Waals surface area contributed by atoms with Crippen LogP contribution in [0.25, 0.3) is 16.7 Å². The number of carbonyl (C=O) groups is 1. The second kappa shape index (κ2) is 8.20.